The second-order valence-corrected chi connectivity index (χ2v) is 6.47. The van der Waals surface area contributed by atoms with E-state index in [-0.39, 0.29) is 5.91 Å². The summed E-state index contributed by atoms with van der Waals surface area (Å²) in [5, 5.41) is 3.80. The van der Waals surface area contributed by atoms with Crippen molar-refractivity contribution in [2.75, 3.05) is 12.4 Å². The number of halogens is 1. The van der Waals surface area contributed by atoms with E-state index in [1.54, 1.807) is 7.11 Å². The van der Waals surface area contributed by atoms with Crippen molar-refractivity contribution in [2.24, 2.45) is 0 Å². The summed E-state index contributed by atoms with van der Waals surface area (Å²) in [4.78, 5) is 17.2. The van der Waals surface area contributed by atoms with Gasteiger partial charge in [0.05, 0.1) is 29.6 Å². The van der Waals surface area contributed by atoms with Crippen LogP contribution in [0.2, 0.25) is 0 Å². The van der Waals surface area contributed by atoms with E-state index in [0.717, 1.165) is 32.4 Å². The van der Waals surface area contributed by atoms with Crippen LogP contribution in [0.3, 0.4) is 0 Å². The molecule has 0 fully saturated rings. The Morgan fingerprint density at radius 1 is 1.12 bits per heavy atom. The van der Waals surface area contributed by atoms with Crippen LogP contribution >= 0.6 is 15.9 Å². The SMILES string of the molecule is COc1ccc2nc(C)c(C(=O)Nc3ccc(C)cc3Br)cc2c1. The quantitative estimate of drug-likeness (QED) is 0.700. The van der Waals surface area contributed by atoms with Crippen LogP contribution < -0.4 is 10.1 Å². The largest absolute Gasteiger partial charge is 0.497 e. The van der Waals surface area contributed by atoms with E-state index in [2.05, 4.69) is 26.2 Å². The number of nitrogens with one attached hydrogen (secondary N) is 1. The van der Waals surface area contributed by atoms with Gasteiger partial charge in [-0.2, -0.15) is 0 Å². The van der Waals surface area contributed by atoms with Crippen LogP contribution in [-0.4, -0.2) is 18.0 Å². The highest BCUT2D eigenvalue weighted by atomic mass is 79.9. The second kappa shape index (κ2) is 6.61. The Hall–Kier alpha value is -2.40. The number of aromatic nitrogens is 1. The average molecular weight is 385 g/mol. The summed E-state index contributed by atoms with van der Waals surface area (Å²) in [7, 11) is 1.62. The summed E-state index contributed by atoms with van der Waals surface area (Å²) in [6, 6.07) is 13.3. The van der Waals surface area contributed by atoms with Gasteiger partial charge in [-0.1, -0.05) is 6.07 Å². The lowest BCUT2D eigenvalue weighted by Crippen LogP contribution is -2.14. The molecule has 122 valence electrons. The van der Waals surface area contributed by atoms with E-state index in [4.69, 9.17) is 4.74 Å². The van der Waals surface area contributed by atoms with Crippen molar-refractivity contribution in [3.63, 3.8) is 0 Å². The van der Waals surface area contributed by atoms with Crippen molar-refractivity contribution in [1.82, 2.24) is 4.98 Å². The molecule has 0 radical (unpaired) electrons. The van der Waals surface area contributed by atoms with Crippen molar-refractivity contribution in [3.8, 4) is 5.75 Å². The summed E-state index contributed by atoms with van der Waals surface area (Å²) >= 11 is 3.48. The van der Waals surface area contributed by atoms with Gasteiger partial charge in [-0.3, -0.25) is 9.78 Å². The molecule has 0 aliphatic rings. The van der Waals surface area contributed by atoms with Gasteiger partial charge in [0, 0.05) is 9.86 Å². The number of hydrogen-bond donors (Lipinski definition) is 1. The van der Waals surface area contributed by atoms with Gasteiger partial charge >= 0.3 is 0 Å². The van der Waals surface area contributed by atoms with Crippen LogP contribution in [0.5, 0.6) is 5.75 Å². The van der Waals surface area contributed by atoms with Gasteiger partial charge < -0.3 is 10.1 Å². The summed E-state index contributed by atoms with van der Waals surface area (Å²) < 4.78 is 6.09. The molecule has 0 unspecified atom stereocenters. The van der Waals surface area contributed by atoms with Crippen molar-refractivity contribution in [3.05, 3.63) is 63.8 Å². The maximum absolute atomic E-state index is 12.7. The van der Waals surface area contributed by atoms with Gasteiger partial charge in [0.15, 0.2) is 0 Å². The van der Waals surface area contributed by atoms with Crippen molar-refractivity contribution < 1.29 is 9.53 Å². The van der Waals surface area contributed by atoms with Gasteiger partial charge in [0.25, 0.3) is 5.91 Å². The molecule has 0 bridgehead atoms. The van der Waals surface area contributed by atoms with Crippen LogP contribution in [0.1, 0.15) is 21.6 Å². The predicted molar refractivity (Wildman–Crippen MR) is 99.9 cm³/mol. The lowest BCUT2D eigenvalue weighted by Gasteiger charge is -2.11. The number of carbonyl (C=O) groups is 1. The van der Waals surface area contributed by atoms with Crippen LogP contribution in [0.4, 0.5) is 5.69 Å². The van der Waals surface area contributed by atoms with Crippen LogP contribution in [0.25, 0.3) is 10.9 Å². The summed E-state index contributed by atoms with van der Waals surface area (Å²) in [6.45, 7) is 3.84. The van der Waals surface area contributed by atoms with E-state index in [1.807, 2.05) is 56.3 Å². The van der Waals surface area contributed by atoms with Gasteiger partial charge in [-0.05, 0) is 71.7 Å². The molecule has 0 aliphatic heterocycles. The number of methoxy groups -OCH3 is 1. The Morgan fingerprint density at radius 2 is 1.92 bits per heavy atom. The Morgan fingerprint density at radius 3 is 2.62 bits per heavy atom. The number of anilines is 1. The van der Waals surface area contributed by atoms with Crippen molar-refractivity contribution in [1.29, 1.82) is 0 Å². The maximum atomic E-state index is 12.7. The third-order valence-corrected chi connectivity index (χ3v) is 4.49. The molecular weight excluding hydrogens is 368 g/mol. The predicted octanol–water partition coefficient (Wildman–Crippen LogP) is 4.88. The Labute approximate surface area is 149 Å². The molecule has 0 spiro atoms. The third-order valence-electron chi connectivity index (χ3n) is 3.83. The number of nitrogens with zero attached hydrogens (tertiary/aromatic N) is 1. The van der Waals surface area contributed by atoms with E-state index < -0.39 is 0 Å². The number of amides is 1. The molecule has 3 aromatic rings. The Balaban J connectivity index is 1.98. The highest BCUT2D eigenvalue weighted by Crippen LogP contribution is 2.26. The Kier molecular flexibility index (Phi) is 4.53. The number of ether oxygens (including phenoxy) is 1. The van der Waals surface area contributed by atoms with Gasteiger partial charge in [-0.15, -0.1) is 0 Å². The molecule has 1 aromatic heterocycles. The fraction of sp³-hybridized carbons (Fsp3) is 0.158. The number of rotatable bonds is 3. The standard InChI is InChI=1S/C19H17BrN2O2/c1-11-4-6-18(16(20)8-11)22-19(23)15-10-13-9-14(24-3)5-7-17(13)21-12(15)2/h4-10H,1-3H3,(H,22,23). The highest BCUT2D eigenvalue weighted by molar-refractivity contribution is 9.10. The fourth-order valence-electron chi connectivity index (χ4n) is 2.52. The lowest BCUT2D eigenvalue weighted by atomic mass is 10.1. The minimum atomic E-state index is -0.186. The molecule has 0 saturated heterocycles. The Bertz CT molecular complexity index is 938. The highest BCUT2D eigenvalue weighted by Gasteiger charge is 2.13. The lowest BCUT2D eigenvalue weighted by molar-refractivity contribution is 0.102. The fourth-order valence-corrected chi connectivity index (χ4v) is 3.11. The van der Waals surface area contributed by atoms with Gasteiger partial charge in [0.1, 0.15) is 5.75 Å². The van der Waals surface area contributed by atoms with E-state index in [9.17, 15) is 4.79 Å². The number of aryl methyl sites for hydroxylation is 2. The van der Waals surface area contributed by atoms with Crippen LogP contribution in [-0.2, 0) is 0 Å². The molecule has 0 saturated carbocycles. The van der Waals surface area contributed by atoms with Gasteiger partial charge in [0.2, 0.25) is 0 Å². The minimum absolute atomic E-state index is 0.186. The van der Waals surface area contributed by atoms with E-state index in [0.29, 0.717) is 11.3 Å². The number of carbonyl (C=O) groups excluding carboxylic acids is 1. The van der Waals surface area contributed by atoms with Crippen molar-refractivity contribution >= 4 is 38.4 Å². The molecule has 0 atom stereocenters. The molecular formula is C19H17BrN2O2. The average Bonchev–Trinajstić information content (AvgIpc) is 2.56. The minimum Gasteiger partial charge on any atom is -0.497 e. The number of fused-ring (bicyclic) bond motifs is 1. The second-order valence-electron chi connectivity index (χ2n) is 5.62. The first kappa shape index (κ1) is 16.5. The molecule has 5 heteroatoms. The van der Waals surface area contributed by atoms with E-state index >= 15 is 0 Å². The summed E-state index contributed by atoms with van der Waals surface area (Å²) in [5.41, 5.74) is 3.92. The molecule has 4 nitrogen and oxygen atoms in total. The number of pyridine rings is 1. The monoisotopic (exact) mass is 384 g/mol. The third kappa shape index (κ3) is 3.26. The smallest absolute Gasteiger partial charge is 0.257 e. The van der Waals surface area contributed by atoms with E-state index in [1.165, 1.54) is 0 Å². The van der Waals surface area contributed by atoms with Crippen LogP contribution in [0.15, 0.2) is 46.9 Å². The zero-order valence-electron chi connectivity index (χ0n) is 13.7. The number of hydrogen-bond acceptors (Lipinski definition) is 3. The molecule has 3 rings (SSSR count). The molecule has 24 heavy (non-hydrogen) atoms. The number of benzene rings is 2. The zero-order valence-corrected chi connectivity index (χ0v) is 15.3. The first-order valence-corrected chi connectivity index (χ1v) is 8.30. The van der Waals surface area contributed by atoms with Crippen molar-refractivity contribution in [2.45, 2.75) is 13.8 Å². The molecule has 1 amide bonds. The summed E-state index contributed by atoms with van der Waals surface area (Å²) in [6.07, 6.45) is 0. The van der Waals surface area contributed by atoms with Gasteiger partial charge in [-0.25, -0.2) is 0 Å². The first-order valence-electron chi connectivity index (χ1n) is 7.51. The molecule has 1 N–H and O–H groups in total. The zero-order chi connectivity index (χ0) is 17.3. The molecule has 0 aliphatic carbocycles. The molecule has 2 aromatic carbocycles. The normalized spacial score (nSPS) is 10.7. The molecule has 1 heterocycles. The first-order chi connectivity index (χ1) is 11.5. The maximum Gasteiger partial charge on any atom is 0.257 e. The summed E-state index contributed by atoms with van der Waals surface area (Å²) in [5.74, 6) is 0.551. The van der Waals surface area contributed by atoms with Crippen LogP contribution in [0, 0.1) is 13.8 Å². The topological polar surface area (TPSA) is 51.2 Å².